The number of ether oxygens (including phenoxy) is 2. The number of hydrogen-bond donors (Lipinski definition) is 0. The van der Waals surface area contributed by atoms with Crippen molar-refractivity contribution in [1.29, 1.82) is 0 Å². The normalized spacial score (nSPS) is 23.6. The Morgan fingerprint density at radius 3 is 2.64 bits per heavy atom. The summed E-state index contributed by atoms with van der Waals surface area (Å²) in [6.07, 6.45) is 4.62. The molecule has 2 aromatic heterocycles. The first-order valence-corrected chi connectivity index (χ1v) is 15.7. The van der Waals surface area contributed by atoms with Crippen molar-refractivity contribution in [1.82, 2.24) is 10.1 Å². The number of rotatable bonds is 9. The average molecular weight is 631 g/mol. The lowest BCUT2D eigenvalue weighted by Gasteiger charge is -2.44. The summed E-state index contributed by atoms with van der Waals surface area (Å²) in [6.45, 7) is 2.15. The van der Waals surface area contributed by atoms with E-state index in [0.717, 1.165) is 53.3 Å². The van der Waals surface area contributed by atoms with Crippen LogP contribution in [0.4, 0.5) is 9.52 Å². The second-order valence-corrected chi connectivity index (χ2v) is 13.6. The third-order valence-corrected chi connectivity index (χ3v) is 10.5. The van der Waals surface area contributed by atoms with Gasteiger partial charge in [-0.05, 0) is 68.7 Å². The van der Waals surface area contributed by atoms with Gasteiger partial charge >= 0.3 is 0 Å². The number of ketones is 1. The summed E-state index contributed by atoms with van der Waals surface area (Å²) in [4.78, 5) is 18.9. The predicted molar refractivity (Wildman–Crippen MR) is 162 cm³/mol. The third kappa shape index (κ3) is 4.88. The molecule has 7 rings (SSSR count). The number of nitrogens with zero attached hydrogens (tertiary/aromatic N) is 3. The van der Waals surface area contributed by atoms with Crippen molar-refractivity contribution in [2.45, 2.75) is 63.7 Å². The monoisotopic (exact) mass is 629 g/mol. The zero-order valence-electron chi connectivity index (χ0n) is 23.3. The van der Waals surface area contributed by atoms with Gasteiger partial charge in [0.05, 0.1) is 40.6 Å². The molecule has 0 amide bonds. The van der Waals surface area contributed by atoms with Gasteiger partial charge in [0.1, 0.15) is 29.4 Å². The number of carbonyl (C=O) groups is 1. The Kier molecular flexibility index (Phi) is 7.20. The first kappa shape index (κ1) is 28.1. The number of thiazole rings is 1. The molecule has 1 spiro atoms. The van der Waals surface area contributed by atoms with E-state index in [2.05, 4.69) is 10.1 Å². The molecule has 42 heavy (non-hydrogen) atoms. The van der Waals surface area contributed by atoms with E-state index in [4.69, 9.17) is 42.2 Å². The highest BCUT2D eigenvalue weighted by molar-refractivity contribution is 7.22. The van der Waals surface area contributed by atoms with Crippen LogP contribution in [0.5, 0.6) is 5.75 Å². The molecule has 11 heteroatoms. The number of fused-ring (bicyclic) bond motifs is 1. The van der Waals surface area contributed by atoms with Gasteiger partial charge in [0, 0.05) is 29.2 Å². The van der Waals surface area contributed by atoms with Gasteiger partial charge in [0.2, 0.25) is 0 Å². The van der Waals surface area contributed by atoms with Crippen LogP contribution in [0.25, 0.3) is 21.5 Å². The summed E-state index contributed by atoms with van der Waals surface area (Å²) >= 11 is 14.5. The molecule has 2 aliphatic carbocycles. The molecule has 1 saturated heterocycles. The lowest BCUT2D eigenvalue weighted by molar-refractivity contribution is -0.0808. The van der Waals surface area contributed by atoms with Gasteiger partial charge in [-0.25, -0.2) is 9.37 Å². The van der Waals surface area contributed by atoms with E-state index >= 15 is 0 Å². The molecule has 1 aliphatic heterocycles. The molecule has 3 fully saturated rings. The van der Waals surface area contributed by atoms with Crippen LogP contribution in [-0.4, -0.2) is 48.4 Å². The van der Waals surface area contributed by atoms with Crippen molar-refractivity contribution in [3.63, 3.8) is 0 Å². The van der Waals surface area contributed by atoms with Gasteiger partial charge in [0.25, 0.3) is 0 Å². The number of halogens is 3. The fraction of sp³-hybridized carbons (Fsp3) is 0.452. The number of benzene rings is 2. The van der Waals surface area contributed by atoms with Crippen LogP contribution in [0.15, 0.2) is 34.9 Å². The van der Waals surface area contributed by atoms with Gasteiger partial charge in [-0.2, -0.15) is 0 Å². The maximum atomic E-state index is 14.3. The van der Waals surface area contributed by atoms with Crippen LogP contribution in [-0.2, 0) is 11.3 Å². The molecule has 0 radical (unpaired) electrons. The molecular weight excluding hydrogens is 600 g/mol. The fourth-order valence-corrected chi connectivity index (χ4v) is 8.23. The lowest BCUT2D eigenvalue weighted by Crippen LogP contribution is -2.44. The summed E-state index contributed by atoms with van der Waals surface area (Å²) in [6, 6.07) is 8.71. The quantitative estimate of drug-likeness (QED) is 0.172. The van der Waals surface area contributed by atoms with E-state index in [1.807, 2.05) is 12.1 Å². The van der Waals surface area contributed by atoms with Crippen molar-refractivity contribution >= 4 is 55.7 Å². The highest BCUT2D eigenvalue weighted by Crippen LogP contribution is 2.54. The van der Waals surface area contributed by atoms with E-state index in [-0.39, 0.29) is 23.3 Å². The average Bonchev–Trinajstić information content (AvgIpc) is 3.38. The molecule has 0 bridgehead atoms. The molecule has 3 heterocycles. The molecule has 220 valence electrons. The molecule has 0 unspecified atom stereocenters. The van der Waals surface area contributed by atoms with E-state index in [1.165, 1.54) is 18.3 Å². The topological polar surface area (TPSA) is 77.7 Å². The Bertz CT molecular complexity index is 1660. The Morgan fingerprint density at radius 1 is 1.21 bits per heavy atom. The first-order chi connectivity index (χ1) is 20.3. The van der Waals surface area contributed by atoms with Crippen molar-refractivity contribution in [3.05, 3.63) is 57.3 Å². The second kappa shape index (κ2) is 10.8. The van der Waals surface area contributed by atoms with Gasteiger partial charge in [0.15, 0.2) is 10.9 Å². The number of aromatic nitrogens is 2. The predicted octanol–water partition coefficient (Wildman–Crippen LogP) is 8.26. The third-order valence-electron chi connectivity index (χ3n) is 8.87. The molecule has 3 aliphatic rings. The minimum atomic E-state index is -0.452. The summed E-state index contributed by atoms with van der Waals surface area (Å²) in [5.41, 5.74) is 3.47. The number of Topliss-reactive ketones (excluding diaryl/α,β-unsaturated/α-hetero) is 1. The van der Waals surface area contributed by atoms with Gasteiger partial charge < -0.3 is 18.9 Å². The van der Waals surface area contributed by atoms with E-state index < -0.39 is 6.67 Å². The summed E-state index contributed by atoms with van der Waals surface area (Å²) < 4.78 is 32.9. The van der Waals surface area contributed by atoms with Crippen molar-refractivity contribution in [2.75, 3.05) is 25.2 Å². The number of carbonyl (C=O) groups excluding carboxylic acids is 1. The lowest BCUT2D eigenvalue weighted by atomic mass is 9.65. The van der Waals surface area contributed by atoms with E-state index in [1.54, 1.807) is 25.3 Å². The number of hydrogen-bond acceptors (Lipinski definition) is 8. The van der Waals surface area contributed by atoms with Gasteiger partial charge in [-0.1, -0.05) is 45.8 Å². The summed E-state index contributed by atoms with van der Waals surface area (Å²) in [5.74, 6) is 1.73. The highest BCUT2D eigenvalue weighted by atomic mass is 35.5. The molecule has 1 atom stereocenters. The van der Waals surface area contributed by atoms with Crippen molar-refractivity contribution in [3.8, 4) is 17.0 Å². The second-order valence-electron chi connectivity index (χ2n) is 11.8. The van der Waals surface area contributed by atoms with Crippen molar-refractivity contribution in [2.24, 2.45) is 5.41 Å². The zero-order chi connectivity index (χ0) is 29.2. The van der Waals surface area contributed by atoms with Crippen LogP contribution in [0.2, 0.25) is 10.0 Å². The Labute approximate surface area is 256 Å². The fourth-order valence-electron chi connectivity index (χ4n) is 6.56. The van der Waals surface area contributed by atoms with Crippen LogP contribution in [0.3, 0.4) is 0 Å². The molecule has 7 nitrogen and oxygen atoms in total. The van der Waals surface area contributed by atoms with E-state index in [9.17, 15) is 9.18 Å². The Hall–Kier alpha value is -2.72. The Balaban J connectivity index is 1.07. The molecule has 2 aromatic carbocycles. The largest absolute Gasteiger partial charge is 0.494 e. The Morgan fingerprint density at radius 2 is 1.98 bits per heavy atom. The summed E-state index contributed by atoms with van der Waals surface area (Å²) in [7, 11) is 1.57. The standard InChI is InChI=1S/C31H30Cl2FN3O4S/c1-16(38)18-8-24(39-2)28-25(9-18)42-30(35-28)37-15-31(10-19(37)13-34)11-20(12-31)40-14-21-27(36-41-29(21)17-6-7-17)26-22(32)4-3-5-23(26)33/h3-5,8-9,17,19-20H,6-7,10-15H2,1-2H3/t19-,20?,31?/m0/s1. The minimum absolute atomic E-state index is 0.0310. The maximum absolute atomic E-state index is 14.3. The molecule has 2 saturated carbocycles. The number of anilines is 1. The smallest absolute Gasteiger partial charge is 0.186 e. The van der Waals surface area contributed by atoms with Crippen molar-refractivity contribution < 1.29 is 23.2 Å². The highest BCUT2D eigenvalue weighted by Gasteiger charge is 2.53. The molecule has 4 aromatic rings. The van der Waals surface area contributed by atoms with Gasteiger partial charge in [-0.15, -0.1) is 0 Å². The molecular formula is C31H30Cl2FN3O4S. The number of methoxy groups -OCH3 is 1. The van der Waals surface area contributed by atoms with Crippen LogP contribution in [0.1, 0.15) is 66.6 Å². The van der Waals surface area contributed by atoms with Crippen LogP contribution >= 0.6 is 34.5 Å². The first-order valence-electron chi connectivity index (χ1n) is 14.2. The maximum Gasteiger partial charge on any atom is 0.186 e. The number of alkyl halides is 1. The van der Waals surface area contributed by atoms with Crippen LogP contribution < -0.4 is 9.64 Å². The molecule has 0 N–H and O–H groups in total. The SMILES string of the molecule is COc1cc(C(C)=O)cc2sc(N3CC4(CC(OCc5c(-c6c(Cl)cccc6Cl)noc5C5CC5)C4)C[C@H]3CF)nc12. The van der Waals surface area contributed by atoms with Gasteiger partial charge in [-0.3, -0.25) is 4.79 Å². The van der Waals surface area contributed by atoms with Crippen LogP contribution in [0, 0.1) is 5.41 Å². The zero-order valence-corrected chi connectivity index (χ0v) is 25.6. The summed E-state index contributed by atoms with van der Waals surface area (Å²) in [5, 5.41) is 6.17. The minimum Gasteiger partial charge on any atom is -0.494 e. The van der Waals surface area contributed by atoms with E-state index in [0.29, 0.717) is 57.2 Å².